The number of rotatable bonds is 6. The van der Waals surface area contributed by atoms with Crippen molar-refractivity contribution in [2.24, 2.45) is 0 Å². The second-order valence-corrected chi connectivity index (χ2v) is 6.09. The second-order valence-electron chi connectivity index (χ2n) is 4.33. The zero-order valence-electron chi connectivity index (χ0n) is 11.4. The first-order chi connectivity index (χ1) is 9.99. The van der Waals surface area contributed by atoms with Gasteiger partial charge in [0.15, 0.2) is 0 Å². The molecule has 0 saturated heterocycles. The van der Waals surface area contributed by atoms with Gasteiger partial charge in [-0.15, -0.1) is 0 Å². The van der Waals surface area contributed by atoms with Gasteiger partial charge in [-0.2, -0.15) is 0 Å². The van der Waals surface area contributed by atoms with Crippen LogP contribution in [0.2, 0.25) is 0 Å². The van der Waals surface area contributed by atoms with Crippen LogP contribution < -0.4 is 10.0 Å². The largest absolute Gasteiger partial charge is 0.367 e. The predicted octanol–water partition coefficient (Wildman–Crippen LogP) is 1.31. The fraction of sp³-hybridized carbons (Fsp3) is 0.231. The van der Waals surface area contributed by atoms with Crippen molar-refractivity contribution in [2.45, 2.75) is 11.8 Å². The Labute approximate surface area is 122 Å². The summed E-state index contributed by atoms with van der Waals surface area (Å²) < 4.78 is 39.7. The smallest absolute Gasteiger partial charge is 0.240 e. The summed E-state index contributed by atoms with van der Waals surface area (Å²) >= 11 is 0. The Morgan fingerprint density at radius 1 is 1.24 bits per heavy atom. The Bertz CT molecular complexity index is 707. The second kappa shape index (κ2) is 6.59. The summed E-state index contributed by atoms with van der Waals surface area (Å²) in [5.74, 6) is 0.00800. The van der Waals surface area contributed by atoms with Crippen molar-refractivity contribution in [3.63, 3.8) is 0 Å². The third kappa shape index (κ3) is 4.20. The Balaban J connectivity index is 1.91. The molecule has 21 heavy (non-hydrogen) atoms. The van der Waals surface area contributed by atoms with Crippen molar-refractivity contribution in [2.75, 3.05) is 18.4 Å². The van der Waals surface area contributed by atoms with Crippen LogP contribution in [0.15, 0.2) is 41.7 Å². The van der Waals surface area contributed by atoms with Crippen molar-refractivity contribution in [3.8, 4) is 0 Å². The number of nitrogens with one attached hydrogen (secondary N) is 2. The topological polar surface area (TPSA) is 84.0 Å². The van der Waals surface area contributed by atoms with Crippen LogP contribution in [0.1, 0.15) is 5.56 Å². The van der Waals surface area contributed by atoms with Crippen molar-refractivity contribution in [3.05, 3.63) is 48.2 Å². The Hall–Kier alpha value is -2.06. The van der Waals surface area contributed by atoms with Gasteiger partial charge in [-0.1, -0.05) is 6.07 Å². The summed E-state index contributed by atoms with van der Waals surface area (Å²) in [4.78, 5) is 7.77. The van der Waals surface area contributed by atoms with E-state index in [9.17, 15) is 12.8 Å². The molecule has 2 rings (SSSR count). The van der Waals surface area contributed by atoms with Crippen LogP contribution in [-0.4, -0.2) is 31.5 Å². The molecule has 8 heteroatoms. The quantitative estimate of drug-likeness (QED) is 0.786. The van der Waals surface area contributed by atoms with Gasteiger partial charge < -0.3 is 5.32 Å². The zero-order valence-corrected chi connectivity index (χ0v) is 12.2. The molecule has 2 N–H and O–H groups in total. The molecule has 112 valence electrons. The molecular formula is C13H15FN4O2S. The molecule has 0 aliphatic carbocycles. The predicted molar refractivity (Wildman–Crippen MR) is 76.8 cm³/mol. The van der Waals surface area contributed by atoms with Crippen molar-refractivity contribution in [1.29, 1.82) is 0 Å². The molecule has 2 aromatic rings. The first-order valence-electron chi connectivity index (χ1n) is 6.25. The third-order valence-electron chi connectivity index (χ3n) is 2.74. The number of sulfonamides is 1. The van der Waals surface area contributed by atoms with Crippen LogP contribution >= 0.6 is 0 Å². The van der Waals surface area contributed by atoms with Crippen molar-refractivity contribution in [1.82, 2.24) is 14.7 Å². The highest BCUT2D eigenvalue weighted by atomic mass is 32.2. The maximum Gasteiger partial charge on any atom is 0.240 e. The SMILES string of the molecule is Cc1ccc(S(=O)(=O)NCCNc2cnccn2)cc1F. The molecule has 1 aromatic heterocycles. The molecule has 0 aliphatic rings. The molecule has 0 amide bonds. The lowest BCUT2D eigenvalue weighted by molar-refractivity contribution is 0.577. The van der Waals surface area contributed by atoms with E-state index in [1.807, 2.05) is 0 Å². The lowest BCUT2D eigenvalue weighted by Gasteiger charge is -2.08. The number of benzene rings is 1. The molecule has 0 saturated carbocycles. The first kappa shape index (κ1) is 15.3. The van der Waals surface area contributed by atoms with Gasteiger partial charge in [0, 0.05) is 25.5 Å². The lowest BCUT2D eigenvalue weighted by atomic mass is 10.2. The average molecular weight is 310 g/mol. The number of aryl methyl sites for hydroxylation is 1. The van der Waals surface area contributed by atoms with E-state index in [-0.39, 0.29) is 11.4 Å². The number of anilines is 1. The number of halogens is 1. The molecule has 0 fully saturated rings. The summed E-state index contributed by atoms with van der Waals surface area (Å²) in [6.07, 6.45) is 4.60. The van der Waals surface area contributed by atoms with E-state index < -0.39 is 15.8 Å². The van der Waals surface area contributed by atoms with Crippen LogP contribution in [0.5, 0.6) is 0 Å². The fourth-order valence-corrected chi connectivity index (χ4v) is 2.63. The molecule has 0 aliphatic heterocycles. The van der Waals surface area contributed by atoms with E-state index >= 15 is 0 Å². The molecular weight excluding hydrogens is 295 g/mol. The van der Waals surface area contributed by atoms with Crippen molar-refractivity contribution >= 4 is 15.8 Å². The standard InChI is InChI=1S/C13H15FN4O2S/c1-10-2-3-11(8-12(10)14)21(19,20)18-7-6-17-13-9-15-4-5-16-13/h2-5,8-9,18H,6-7H2,1H3,(H,16,17). The van der Waals surface area contributed by atoms with Crippen LogP contribution in [-0.2, 0) is 10.0 Å². The molecule has 1 heterocycles. The highest BCUT2D eigenvalue weighted by Gasteiger charge is 2.14. The van der Waals surface area contributed by atoms with Crippen LogP contribution in [0, 0.1) is 12.7 Å². The summed E-state index contributed by atoms with van der Waals surface area (Å²) in [6, 6.07) is 3.81. The van der Waals surface area contributed by atoms with Gasteiger partial charge in [0.05, 0.1) is 11.1 Å². The van der Waals surface area contributed by atoms with E-state index in [0.717, 1.165) is 6.07 Å². The van der Waals surface area contributed by atoms with E-state index in [1.165, 1.54) is 24.5 Å². The number of nitrogens with zero attached hydrogens (tertiary/aromatic N) is 2. The van der Waals surface area contributed by atoms with Gasteiger partial charge >= 0.3 is 0 Å². The summed E-state index contributed by atoms with van der Waals surface area (Å²) in [5, 5.41) is 2.91. The molecule has 1 aromatic carbocycles. The normalized spacial score (nSPS) is 11.3. The van der Waals surface area contributed by atoms with Crippen LogP contribution in [0.25, 0.3) is 0 Å². The molecule has 0 unspecified atom stereocenters. The number of aromatic nitrogens is 2. The molecule has 0 atom stereocenters. The van der Waals surface area contributed by atoms with E-state index in [1.54, 1.807) is 13.1 Å². The number of hydrogen-bond acceptors (Lipinski definition) is 5. The summed E-state index contributed by atoms with van der Waals surface area (Å²) in [6.45, 7) is 2.06. The first-order valence-corrected chi connectivity index (χ1v) is 7.73. The lowest BCUT2D eigenvalue weighted by Crippen LogP contribution is -2.29. The minimum Gasteiger partial charge on any atom is -0.367 e. The van der Waals surface area contributed by atoms with Crippen LogP contribution in [0.3, 0.4) is 0 Å². The summed E-state index contributed by atoms with van der Waals surface area (Å²) in [7, 11) is -3.72. The maximum atomic E-state index is 13.4. The Morgan fingerprint density at radius 3 is 2.71 bits per heavy atom. The molecule has 0 radical (unpaired) electrons. The van der Waals surface area contributed by atoms with E-state index in [4.69, 9.17) is 0 Å². The average Bonchev–Trinajstić information content (AvgIpc) is 2.47. The maximum absolute atomic E-state index is 13.4. The van der Waals surface area contributed by atoms with E-state index in [0.29, 0.717) is 17.9 Å². The van der Waals surface area contributed by atoms with Crippen molar-refractivity contribution < 1.29 is 12.8 Å². The fourth-order valence-electron chi connectivity index (χ4n) is 1.59. The molecule has 6 nitrogen and oxygen atoms in total. The minimum absolute atomic E-state index is 0.0925. The Morgan fingerprint density at radius 2 is 2.05 bits per heavy atom. The third-order valence-corrected chi connectivity index (χ3v) is 4.20. The van der Waals surface area contributed by atoms with E-state index in [2.05, 4.69) is 20.0 Å². The zero-order chi connectivity index (χ0) is 15.3. The van der Waals surface area contributed by atoms with Gasteiger partial charge in [0.25, 0.3) is 0 Å². The van der Waals surface area contributed by atoms with Gasteiger partial charge in [0.2, 0.25) is 10.0 Å². The van der Waals surface area contributed by atoms with Gasteiger partial charge in [-0.25, -0.2) is 22.5 Å². The highest BCUT2D eigenvalue weighted by molar-refractivity contribution is 7.89. The monoisotopic (exact) mass is 310 g/mol. The molecule has 0 spiro atoms. The molecule has 0 bridgehead atoms. The van der Waals surface area contributed by atoms with Gasteiger partial charge in [0.1, 0.15) is 11.6 Å². The van der Waals surface area contributed by atoms with Gasteiger partial charge in [-0.05, 0) is 24.6 Å². The van der Waals surface area contributed by atoms with Crippen LogP contribution in [0.4, 0.5) is 10.2 Å². The van der Waals surface area contributed by atoms with Gasteiger partial charge in [-0.3, -0.25) is 4.98 Å². The summed E-state index contributed by atoms with van der Waals surface area (Å²) in [5.41, 5.74) is 0.401. The minimum atomic E-state index is -3.72. The Kier molecular flexibility index (Phi) is 4.81. The number of hydrogen-bond donors (Lipinski definition) is 2. The highest BCUT2D eigenvalue weighted by Crippen LogP contribution is 2.13.